The van der Waals surface area contributed by atoms with Crippen LogP contribution in [0.3, 0.4) is 0 Å². The second-order valence-corrected chi connectivity index (χ2v) is 22.9. The first-order chi connectivity index (χ1) is 29.2. The van der Waals surface area contributed by atoms with E-state index in [0.717, 1.165) is 94.0 Å². The van der Waals surface area contributed by atoms with E-state index in [1.807, 2.05) is 46.4 Å². The molecule has 3 amide bonds. The molecule has 0 saturated heterocycles. The molecule has 62 heavy (non-hydrogen) atoms. The molecule has 3 N–H and O–H groups in total. The molecule has 358 valence electrons. The second kappa shape index (κ2) is 23.6. The van der Waals surface area contributed by atoms with E-state index in [4.69, 9.17) is 14.2 Å². The molecule has 9 atom stereocenters. The molecule has 0 aromatic carbocycles. The number of nitrogens with one attached hydrogen (secondary N) is 3. The summed E-state index contributed by atoms with van der Waals surface area (Å²) in [5, 5.41) is 9.54. The Bertz CT molecular complexity index is 1440. The zero-order valence-electron chi connectivity index (χ0n) is 41.9. The highest BCUT2D eigenvalue weighted by Gasteiger charge is 2.58. The van der Waals surface area contributed by atoms with Crippen molar-refractivity contribution < 1.29 is 28.6 Å². The van der Waals surface area contributed by atoms with Gasteiger partial charge in [0.05, 0.1) is 0 Å². The van der Waals surface area contributed by atoms with Crippen LogP contribution in [0.5, 0.6) is 0 Å². The fraction of sp³-hybridized carbons (Fsp3) is 0.904. The lowest BCUT2D eigenvalue weighted by atomic mass is 9.47. The van der Waals surface area contributed by atoms with Crippen molar-refractivity contribution in [1.82, 2.24) is 20.9 Å². The first kappa shape index (κ1) is 52.1. The summed E-state index contributed by atoms with van der Waals surface area (Å²) in [6.45, 7) is 28.0. The predicted octanol–water partition coefficient (Wildman–Crippen LogP) is 12.7. The molecule has 4 aliphatic rings. The molecule has 4 rings (SSSR count). The average molecular weight is 871 g/mol. The van der Waals surface area contributed by atoms with Gasteiger partial charge < -0.3 is 35.1 Å². The van der Waals surface area contributed by atoms with Crippen LogP contribution in [0.2, 0.25) is 0 Å². The topological polar surface area (TPSA) is 118 Å². The highest BCUT2D eigenvalue weighted by atomic mass is 16.6. The van der Waals surface area contributed by atoms with Gasteiger partial charge in [-0.25, -0.2) is 14.4 Å². The van der Waals surface area contributed by atoms with Crippen LogP contribution < -0.4 is 16.0 Å². The van der Waals surface area contributed by atoms with E-state index in [-0.39, 0.29) is 35.8 Å². The van der Waals surface area contributed by atoms with Crippen molar-refractivity contribution in [2.75, 3.05) is 26.2 Å². The number of carbonyl (C=O) groups is 3. The maximum Gasteiger partial charge on any atom is 0.410 e. The number of ether oxygens (including phenoxy) is 3. The fourth-order valence-corrected chi connectivity index (χ4v) is 11.9. The van der Waals surface area contributed by atoms with E-state index >= 15 is 0 Å². The Kier molecular flexibility index (Phi) is 19.9. The molecule has 0 aromatic heterocycles. The van der Waals surface area contributed by atoms with Crippen molar-refractivity contribution >= 4 is 18.3 Å². The third-order valence-electron chi connectivity index (χ3n) is 15.5. The van der Waals surface area contributed by atoms with Gasteiger partial charge in [-0.2, -0.15) is 0 Å². The number of fused-ring (bicyclic) bond motifs is 5. The molecule has 0 heterocycles. The molecule has 10 nitrogen and oxygen atoms in total. The smallest absolute Gasteiger partial charge is 0.410 e. The number of carbonyl (C=O) groups excluding carboxylic acids is 3. The highest BCUT2D eigenvalue weighted by molar-refractivity contribution is 5.69. The lowest BCUT2D eigenvalue weighted by Gasteiger charge is -2.58. The molecule has 0 aliphatic heterocycles. The quantitative estimate of drug-likeness (QED) is 0.0563. The number of amides is 3. The van der Waals surface area contributed by atoms with Crippen molar-refractivity contribution in [3.8, 4) is 0 Å². The van der Waals surface area contributed by atoms with E-state index in [1.54, 1.807) is 5.57 Å². The summed E-state index contributed by atoms with van der Waals surface area (Å²) in [4.78, 5) is 40.9. The van der Waals surface area contributed by atoms with Crippen LogP contribution in [-0.2, 0) is 14.2 Å². The molecule has 4 aliphatic carbocycles. The van der Waals surface area contributed by atoms with Crippen LogP contribution in [-0.4, -0.2) is 78.7 Å². The molecule has 2 unspecified atom stereocenters. The SMILES string of the molecule is CCC(CCNCCCCN(CCC(CC)NC(=O)OC(C)(C)C)C(=O)O[C@H]1CC[C@@]2(C)C(=CC[C@H]3[C@@H]4CC[C@H](CCCCCC(C)C)[C@@]4(C)CC[C@@H]32)C1)NC(=O)OC(C)(C)C. The van der Waals surface area contributed by atoms with Crippen LogP contribution in [0.1, 0.15) is 205 Å². The van der Waals surface area contributed by atoms with Gasteiger partial charge in [-0.3, -0.25) is 0 Å². The standard InChI is InChI=1S/C52H94N4O6/c1-13-40(54-46(57)61-49(5,6)7)28-33-53-32-18-19-34-56(35-29-41(14-2)55-47(58)62-50(8,9)10)48(59)60-42-26-30-52(12)39(36-42)22-24-43-44-25-23-38(21-17-15-16-20-37(3)4)51(44,11)31-27-45(43)52/h22,37-38,40-45,53H,13-21,23-36H2,1-12H3,(H,54,57)(H,55,58)/t38-,40?,41?,42-,43-,44-,45-,51+,52-/m0/s1. The van der Waals surface area contributed by atoms with Gasteiger partial charge in [0, 0.05) is 31.6 Å². The number of hydrogen-bond acceptors (Lipinski definition) is 7. The van der Waals surface area contributed by atoms with Crippen LogP contribution in [0.25, 0.3) is 0 Å². The Morgan fingerprint density at radius 1 is 0.758 bits per heavy atom. The first-order valence-corrected chi connectivity index (χ1v) is 25.5. The number of hydrogen-bond donors (Lipinski definition) is 3. The zero-order chi connectivity index (χ0) is 45.7. The predicted molar refractivity (Wildman–Crippen MR) is 253 cm³/mol. The fourth-order valence-electron chi connectivity index (χ4n) is 11.9. The Morgan fingerprint density at radius 3 is 2.05 bits per heavy atom. The lowest BCUT2D eigenvalue weighted by molar-refractivity contribution is -0.0534. The van der Waals surface area contributed by atoms with Gasteiger partial charge in [0.15, 0.2) is 0 Å². The minimum absolute atomic E-state index is 0.0457. The van der Waals surface area contributed by atoms with Crippen LogP contribution in [0.4, 0.5) is 14.4 Å². The third kappa shape index (κ3) is 15.6. The minimum Gasteiger partial charge on any atom is -0.446 e. The molecule has 0 bridgehead atoms. The number of unbranched alkanes of at least 4 members (excludes halogenated alkanes) is 3. The van der Waals surface area contributed by atoms with Gasteiger partial charge in [-0.05, 0) is 185 Å². The highest BCUT2D eigenvalue weighted by Crippen LogP contribution is 2.67. The molecule has 3 saturated carbocycles. The van der Waals surface area contributed by atoms with E-state index < -0.39 is 17.3 Å². The number of alkyl carbamates (subject to hydrolysis) is 2. The van der Waals surface area contributed by atoms with Crippen molar-refractivity contribution in [2.24, 2.45) is 40.4 Å². The number of allylic oxidation sites excluding steroid dienone is 1. The van der Waals surface area contributed by atoms with E-state index in [0.29, 0.717) is 24.9 Å². The van der Waals surface area contributed by atoms with Gasteiger partial charge >= 0.3 is 18.3 Å². The Morgan fingerprint density at radius 2 is 1.42 bits per heavy atom. The van der Waals surface area contributed by atoms with Gasteiger partial charge in [0.25, 0.3) is 0 Å². The van der Waals surface area contributed by atoms with Gasteiger partial charge in [0.2, 0.25) is 0 Å². The van der Waals surface area contributed by atoms with Crippen LogP contribution in [0.15, 0.2) is 11.6 Å². The summed E-state index contributed by atoms with van der Waals surface area (Å²) in [5.74, 6) is 4.10. The summed E-state index contributed by atoms with van der Waals surface area (Å²) >= 11 is 0. The van der Waals surface area contributed by atoms with E-state index in [1.165, 1.54) is 64.2 Å². The molecule has 0 spiro atoms. The average Bonchev–Trinajstić information content (AvgIpc) is 3.51. The van der Waals surface area contributed by atoms with Crippen molar-refractivity contribution in [3.05, 3.63) is 11.6 Å². The molecule has 0 radical (unpaired) electrons. The minimum atomic E-state index is -0.577. The maximum absolute atomic E-state index is 14.1. The third-order valence-corrected chi connectivity index (χ3v) is 15.5. The monoisotopic (exact) mass is 871 g/mol. The van der Waals surface area contributed by atoms with E-state index in [9.17, 15) is 14.4 Å². The molecular formula is C52H94N4O6. The Labute approximate surface area is 379 Å². The summed E-state index contributed by atoms with van der Waals surface area (Å²) in [6, 6.07) is -0.0649. The number of nitrogens with zero attached hydrogens (tertiary/aromatic N) is 1. The van der Waals surface area contributed by atoms with E-state index in [2.05, 4.69) is 63.6 Å². The van der Waals surface area contributed by atoms with Crippen molar-refractivity contribution in [1.29, 1.82) is 0 Å². The Hall–Kier alpha value is -2.49. The van der Waals surface area contributed by atoms with Crippen LogP contribution >= 0.6 is 0 Å². The molecule has 3 fully saturated rings. The summed E-state index contributed by atoms with van der Waals surface area (Å²) < 4.78 is 17.4. The zero-order valence-corrected chi connectivity index (χ0v) is 41.9. The maximum atomic E-state index is 14.1. The first-order valence-electron chi connectivity index (χ1n) is 25.5. The van der Waals surface area contributed by atoms with Gasteiger partial charge in [0.1, 0.15) is 17.3 Å². The van der Waals surface area contributed by atoms with Crippen LogP contribution in [0, 0.1) is 40.4 Å². The summed E-state index contributed by atoms with van der Waals surface area (Å²) in [7, 11) is 0. The molecule has 0 aromatic rings. The number of rotatable bonds is 22. The Balaban J connectivity index is 1.31. The largest absolute Gasteiger partial charge is 0.446 e. The molecular weight excluding hydrogens is 777 g/mol. The molecule has 10 heteroatoms. The normalized spacial score (nSPS) is 28.1. The summed E-state index contributed by atoms with van der Waals surface area (Å²) in [5.41, 5.74) is 1.16. The van der Waals surface area contributed by atoms with Gasteiger partial charge in [-0.15, -0.1) is 0 Å². The van der Waals surface area contributed by atoms with Crippen molar-refractivity contribution in [2.45, 2.75) is 234 Å². The summed E-state index contributed by atoms with van der Waals surface area (Å²) in [6.07, 6.45) is 22.8. The van der Waals surface area contributed by atoms with Crippen molar-refractivity contribution in [3.63, 3.8) is 0 Å². The lowest BCUT2D eigenvalue weighted by Crippen LogP contribution is -2.50. The van der Waals surface area contributed by atoms with Gasteiger partial charge in [-0.1, -0.05) is 78.9 Å². The second-order valence-electron chi connectivity index (χ2n) is 22.9.